The molecular weight excluding hydrogens is 316 g/mol. The van der Waals surface area contributed by atoms with Crippen molar-refractivity contribution in [1.82, 2.24) is 20.6 Å². The summed E-state index contributed by atoms with van der Waals surface area (Å²) in [6, 6.07) is 5.22. The number of carbonyl (C=O) groups excluding carboxylic acids is 2. The lowest BCUT2D eigenvalue weighted by atomic mass is 10.1. The quantitative estimate of drug-likeness (QED) is 0.622. The highest BCUT2D eigenvalue weighted by Gasteiger charge is 2.08. The number of benzene rings is 1. The van der Waals surface area contributed by atoms with Gasteiger partial charge in [-0.15, -0.1) is 11.6 Å². The molecule has 0 fully saturated rings. The number of nitrogens with zero attached hydrogens (tertiary/aromatic N) is 2. The van der Waals surface area contributed by atoms with Gasteiger partial charge in [0.25, 0.3) is 5.91 Å². The molecule has 2 N–H and O–H groups in total. The Morgan fingerprint density at radius 2 is 1.70 bits per heavy atom. The lowest BCUT2D eigenvalue weighted by Crippen LogP contribution is -2.34. The van der Waals surface area contributed by atoms with E-state index in [1.807, 2.05) is 13.8 Å². The number of nitrogens with one attached hydrogen (secondary N) is 2. The normalized spacial score (nSPS) is 10.6. The maximum Gasteiger partial charge on any atom is 0.251 e. The van der Waals surface area contributed by atoms with Gasteiger partial charge in [0.15, 0.2) is 0 Å². The van der Waals surface area contributed by atoms with E-state index in [0.717, 1.165) is 16.9 Å². The van der Waals surface area contributed by atoms with Crippen LogP contribution in [-0.4, -0.2) is 40.8 Å². The molecule has 0 radical (unpaired) electrons. The molecule has 2 aromatic rings. The number of hydrogen-bond donors (Lipinski definition) is 2. The van der Waals surface area contributed by atoms with Crippen LogP contribution < -0.4 is 10.6 Å². The van der Waals surface area contributed by atoms with Crippen LogP contribution in [0.2, 0.25) is 0 Å². The molecule has 2 rings (SSSR count). The van der Waals surface area contributed by atoms with Crippen LogP contribution in [0.15, 0.2) is 18.2 Å². The third kappa shape index (κ3) is 4.63. The monoisotopic (exact) mass is 334 g/mol. The molecule has 1 aromatic carbocycles. The van der Waals surface area contributed by atoms with Gasteiger partial charge in [-0.25, -0.2) is 9.97 Å². The minimum atomic E-state index is -0.210. The van der Waals surface area contributed by atoms with Crippen LogP contribution >= 0.6 is 11.6 Å². The smallest absolute Gasteiger partial charge is 0.251 e. The summed E-state index contributed by atoms with van der Waals surface area (Å²) >= 11 is 5.47. The van der Waals surface area contributed by atoms with Gasteiger partial charge in [-0.3, -0.25) is 9.59 Å². The summed E-state index contributed by atoms with van der Waals surface area (Å²) in [7, 11) is 0. The van der Waals surface area contributed by atoms with E-state index in [0.29, 0.717) is 24.2 Å². The van der Waals surface area contributed by atoms with Crippen LogP contribution in [0.1, 0.15) is 28.2 Å². The number of halogens is 1. The van der Waals surface area contributed by atoms with Crippen molar-refractivity contribution >= 4 is 34.4 Å². The van der Waals surface area contributed by atoms with E-state index in [4.69, 9.17) is 11.6 Å². The molecule has 0 spiro atoms. The molecule has 1 heterocycles. The Morgan fingerprint density at radius 3 is 2.39 bits per heavy atom. The number of alkyl halides is 1. The maximum absolute atomic E-state index is 12.1. The Morgan fingerprint density at radius 1 is 1.04 bits per heavy atom. The molecular formula is C16H19ClN4O2. The highest BCUT2D eigenvalue weighted by molar-refractivity contribution is 6.18. The van der Waals surface area contributed by atoms with E-state index in [9.17, 15) is 9.59 Å². The zero-order valence-corrected chi connectivity index (χ0v) is 13.9. The highest BCUT2D eigenvalue weighted by Crippen LogP contribution is 2.14. The summed E-state index contributed by atoms with van der Waals surface area (Å²) in [6.45, 7) is 4.51. The van der Waals surface area contributed by atoms with E-state index in [1.165, 1.54) is 0 Å². The number of rotatable bonds is 6. The molecule has 0 bridgehead atoms. The number of fused-ring (bicyclic) bond motifs is 1. The Hall–Kier alpha value is -2.21. The fourth-order valence-electron chi connectivity index (χ4n) is 2.03. The van der Waals surface area contributed by atoms with Gasteiger partial charge >= 0.3 is 0 Å². The minimum absolute atomic E-state index is 0.124. The van der Waals surface area contributed by atoms with E-state index >= 15 is 0 Å². The molecule has 0 aliphatic carbocycles. The van der Waals surface area contributed by atoms with Crippen molar-refractivity contribution in [3.63, 3.8) is 0 Å². The summed E-state index contributed by atoms with van der Waals surface area (Å²) in [4.78, 5) is 32.2. The third-order valence-corrected chi connectivity index (χ3v) is 3.58. The Bertz CT molecular complexity index is 733. The van der Waals surface area contributed by atoms with Crippen molar-refractivity contribution in [2.75, 3.05) is 19.0 Å². The first-order valence-corrected chi connectivity index (χ1v) is 7.90. The molecule has 23 heavy (non-hydrogen) atoms. The summed E-state index contributed by atoms with van der Waals surface area (Å²) in [5.41, 5.74) is 3.69. The van der Waals surface area contributed by atoms with E-state index in [-0.39, 0.29) is 24.1 Å². The minimum Gasteiger partial charge on any atom is -0.354 e. The Balaban J connectivity index is 1.96. The fourth-order valence-corrected chi connectivity index (χ4v) is 2.20. The van der Waals surface area contributed by atoms with Crippen LogP contribution in [0, 0.1) is 13.8 Å². The molecule has 6 nitrogen and oxygen atoms in total. The number of aromatic nitrogens is 2. The lowest BCUT2D eigenvalue weighted by molar-refractivity contribution is -0.120. The van der Waals surface area contributed by atoms with Crippen LogP contribution in [0.4, 0.5) is 0 Å². The Kier molecular flexibility index (Phi) is 5.87. The summed E-state index contributed by atoms with van der Waals surface area (Å²) in [6.07, 6.45) is 0.275. The number of amides is 2. The van der Waals surface area contributed by atoms with Gasteiger partial charge in [0.1, 0.15) is 0 Å². The van der Waals surface area contributed by atoms with Gasteiger partial charge in [0, 0.05) is 31.0 Å². The first-order chi connectivity index (χ1) is 11.0. The molecule has 7 heteroatoms. The summed E-state index contributed by atoms with van der Waals surface area (Å²) < 4.78 is 0. The van der Waals surface area contributed by atoms with Crippen LogP contribution in [0.5, 0.6) is 0 Å². The second kappa shape index (κ2) is 7.87. The number of carbonyl (C=O) groups is 2. The van der Waals surface area contributed by atoms with Crippen molar-refractivity contribution in [2.45, 2.75) is 20.3 Å². The molecule has 0 aliphatic rings. The van der Waals surface area contributed by atoms with Crippen LogP contribution in [0.25, 0.3) is 11.0 Å². The zero-order valence-electron chi connectivity index (χ0n) is 13.1. The van der Waals surface area contributed by atoms with E-state index < -0.39 is 0 Å². The average Bonchev–Trinajstić information content (AvgIpc) is 2.52. The highest BCUT2D eigenvalue weighted by atomic mass is 35.5. The molecule has 0 saturated heterocycles. The third-order valence-electron chi connectivity index (χ3n) is 3.39. The molecule has 1 aromatic heterocycles. The predicted molar refractivity (Wildman–Crippen MR) is 89.7 cm³/mol. The molecule has 0 saturated carbocycles. The zero-order chi connectivity index (χ0) is 16.8. The van der Waals surface area contributed by atoms with Gasteiger partial charge < -0.3 is 10.6 Å². The van der Waals surface area contributed by atoms with Crippen molar-refractivity contribution < 1.29 is 9.59 Å². The first-order valence-electron chi connectivity index (χ1n) is 7.37. The lowest BCUT2D eigenvalue weighted by Gasteiger charge is -2.08. The van der Waals surface area contributed by atoms with E-state index in [2.05, 4.69) is 20.6 Å². The van der Waals surface area contributed by atoms with Crippen LogP contribution in [-0.2, 0) is 4.79 Å². The molecule has 2 amide bonds. The van der Waals surface area contributed by atoms with Crippen molar-refractivity contribution in [2.24, 2.45) is 0 Å². The van der Waals surface area contributed by atoms with Crippen LogP contribution in [0.3, 0.4) is 0 Å². The SMILES string of the molecule is Cc1nc2ccc(C(=O)NCCNC(=O)CCCl)cc2nc1C. The second-order valence-electron chi connectivity index (χ2n) is 5.14. The standard InChI is InChI=1S/C16H19ClN4O2/c1-10-11(2)21-14-9-12(3-4-13(14)20-10)16(23)19-8-7-18-15(22)5-6-17/h3-4,9H,5-8H2,1-2H3,(H,18,22)(H,19,23). The molecule has 0 aliphatic heterocycles. The van der Waals surface area contributed by atoms with Gasteiger partial charge in [0.2, 0.25) is 5.91 Å². The average molecular weight is 335 g/mol. The Labute approximate surface area is 139 Å². The maximum atomic E-state index is 12.1. The summed E-state index contributed by atoms with van der Waals surface area (Å²) in [5, 5.41) is 5.43. The van der Waals surface area contributed by atoms with Gasteiger partial charge in [-0.2, -0.15) is 0 Å². The molecule has 0 atom stereocenters. The number of hydrogen-bond acceptors (Lipinski definition) is 4. The van der Waals surface area contributed by atoms with Gasteiger partial charge in [-0.05, 0) is 32.0 Å². The molecule has 122 valence electrons. The van der Waals surface area contributed by atoms with E-state index in [1.54, 1.807) is 18.2 Å². The van der Waals surface area contributed by atoms with Crippen molar-refractivity contribution in [3.05, 3.63) is 35.2 Å². The fraction of sp³-hybridized carbons (Fsp3) is 0.375. The predicted octanol–water partition coefficient (Wildman–Crippen LogP) is 1.72. The van der Waals surface area contributed by atoms with Crippen molar-refractivity contribution in [3.8, 4) is 0 Å². The summed E-state index contributed by atoms with van der Waals surface area (Å²) in [5.74, 6) is -0.0468. The number of aryl methyl sites for hydroxylation is 2. The van der Waals surface area contributed by atoms with Gasteiger partial charge in [-0.1, -0.05) is 0 Å². The van der Waals surface area contributed by atoms with Crippen molar-refractivity contribution in [1.29, 1.82) is 0 Å². The second-order valence-corrected chi connectivity index (χ2v) is 5.52. The largest absolute Gasteiger partial charge is 0.354 e. The topological polar surface area (TPSA) is 84.0 Å². The molecule has 0 unspecified atom stereocenters. The first kappa shape index (κ1) is 17.1. The van der Waals surface area contributed by atoms with Gasteiger partial charge in [0.05, 0.1) is 22.4 Å².